The van der Waals surface area contributed by atoms with Gasteiger partial charge in [0, 0.05) is 0 Å². The minimum absolute atomic E-state index is 0.000788. The van der Waals surface area contributed by atoms with Gasteiger partial charge in [-0.2, -0.15) is 0 Å². The Morgan fingerprint density at radius 1 is 1.30 bits per heavy atom. The molecule has 1 amide bonds. The number of thioether (sulfide) groups is 1. The lowest BCUT2D eigenvalue weighted by atomic mass is 9.89. The van der Waals surface area contributed by atoms with Gasteiger partial charge in [-0.05, 0) is 60.7 Å². The third-order valence-corrected chi connectivity index (χ3v) is 6.53. The number of hydrogen-bond acceptors (Lipinski definition) is 5. The molecule has 3 aromatic rings. The second kappa shape index (κ2) is 8.27. The molecule has 0 bridgehead atoms. The molecule has 0 saturated carbocycles. The predicted molar refractivity (Wildman–Crippen MR) is 110 cm³/mol. The molecule has 0 fully saturated rings. The maximum absolute atomic E-state index is 12.3. The van der Waals surface area contributed by atoms with Gasteiger partial charge in [0.1, 0.15) is 0 Å². The molecule has 2 heterocycles. The Balaban J connectivity index is 1.31. The molecule has 140 valence electrons. The number of thiophene rings is 1. The number of amides is 1. The summed E-state index contributed by atoms with van der Waals surface area (Å²) in [5.74, 6) is 1.04. The lowest BCUT2D eigenvalue weighted by Crippen LogP contribution is -2.28. The molecule has 1 aromatic carbocycles. The number of aryl methyl sites for hydroxylation is 2. The average molecular weight is 399 g/mol. The number of hydrogen-bond donors (Lipinski definition) is 2. The van der Waals surface area contributed by atoms with Crippen LogP contribution in [-0.4, -0.2) is 26.8 Å². The van der Waals surface area contributed by atoms with E-state index in [1.165, 1.54) is 47.7 Å². The highest BCUT2D eigenvalue weighted by Crippen LogP contribution is 2.25. The molecule has 1 aliphatic carbocycles. The Kier molecular flexibility index (Phi) is 5.59. The molecule has 0 saturated heterocycles. The summed E-state index contributed by atoms with van der Waals surface area (Å²) < 4.78 is 0. The van der Waals surface area contributed by atoms with E-state index in [9.17, 15) is 4.79 Å². The molecular formula is C20H22N4OS2. The highest BCUT2D eigenvalue weighted by atomic mass is 32.2. The maximum atomic E-state index is 12.3. The largest absolute Gasteiger partial charge is 0.349 e. The van der Waals surface area contributed by atoms with Crippen molar-refractivity contribution in [3.63, 3.8) is 0 Å². The Hall–Kier alpha value is -2.12. The van der Waals surface area contributed by atoms with E-state index in [1.807, 2.05) is 24.4 Å². The third-order valence-electron chi connectivity index (χ3n) is 4.80. The van der Waals surface area contributed by atoms with E-state index in [-0.39, 0.29) is 11.9 Å². The smallest absolute Gasteiger partial charge is 0.230 e. The third kappa shape index (κ3) is 4.42. The fraction of sp³-hybridized carbons (Fsp3) is 0.350. The van der Waals surface area contributed by atoms with Crippen molar-refractivity contribution in [2.75, 3.05) is 5.75 Å². The monoisotopic (exact) mass is 398 g/mol. The molecule has 0 aliphatic heterocycles. The van der Waals surface area contributed by atoms with Crippen LogP contribution in [0.2, 0.25) is 0 Å². The fourth-order valence-electron chi connectivity index (χ4n) is 3.35. The molecule has 7 heteroatoms. The van der Waals surface area contributed by atoms with Crippen LogP contribution in [0, 0.1) is 0 Å². The van der Waals surface area contributed by atoms with Crippen LogP contribution >= 0.6 is 23.1 Å². The number of aromatic nitrogens is 3. The summed E-state index contributed by atoms with van der Waals surface area (Å²) in [5.41, 5.74) is 4.08. The SMILES string of the molecule is C[C@H](NC(=O)CSc1n[nH]c(-c2cccs2)n1)c1ccc2c(c1)CCCC2. The van der Waals surface area contributed by atoms with Crippen molar-refractivity contribution in [2.24, 2.45) is 0 Å². The molecule has 0 spiro atoms. The van der Waals surface area contributed by atoms with Gasteiger partial charge in [-0.3, -0.25) is 9.89 Å². The molecule has 0 radical (unpaired) electrons. The zero-order valence-corrected chi connectivity index (χ0v) is 16.8. The first-order valence-electron chi connectivity index (χ1n) is 9.19. The maximum Gasteiger partial charge on any atom is 0.230 e. The van der Waals surface area contributed by atoms with Crippen LogP contribution in [0.5, 0.6) is 0 Å². The highest BCUT2D eigenvalue weighted by molar-refractivity contribution is 7.99. The summed E-state index contributed by atoms with van der Waals surface area (Å²) in [6.07, 6.45) is 4.87. The van der Waals surface area contributed by atoms with Crippen LogP contribution in [0.4, 0.5) is 0 Å². The zero-order chi connectivity index (χ0) is 18.6. The molecular weight excluding hydrogens is 376 g/mol. The summed E-state index contributed by atoms with van der Waals surface area (Å²) in [7, 11) is 0. The van der Waals surface area contributed by atoms with Gasteiger partial charge in [0.15, 0.2) is 5.82 Å². The second-order valence-electron chi connectivity index (χ2n) is 6.76. The molecule has 1 aliphatic rings. The molecule has 0 unspecified atom stereocenters. The summed E-state index contributed by atoms with van der Waals surface area (Å²) >= 11 is 2.95. The number of carbonyl (C=O) groups is 1. The first kappa shape index (κ1) is 18.3. The lowest BCUT2D eigenvalue weighted by molar-refractivity contribution is -0.119. The van der Waals surface area contributed by atoms with Gasteiger partial charge in [0.25, 0.3) is 0 Å². The predicted octanol–water partition coefficient (Wildman–Crippen LogP) is 4.38. The van der Waals surface area contributed by atoms with Crippen LogP contribution in [0.25, 0.3) is 10.7 Å². The van der Waals surface area contributed by atoms with Gasteiger partial charge in [0.2, 0.25) is 11.1 Å². The van der Waals surface area contributed by atoms with E-state index >= 15 is 0 Å². The van der Waals surface area contributed by atoms with Crippen molar-refractivity contribution < 1.29 is 4.79 Å². The summed E-state index contributed by atoms with van der Waals surface area (Å²) in [4.78, 5) is 17.8. The van der Waals surface area contributed by atoms with Crippen LogP contribution in [0.1, 0.15) is 42.5 Å². The van der Waals surface area contributed by atoms with Crippen LogP contribution < -0.4 is 5.32 Å². The number of benzene rings is 1. The molecule has 27 heavy (non-hydrogen) atoms. The van der Waals surface area contributed by atoms with Gasteiger partial charge < -0.3 is 5.32 Å². The number of rotatable bonds is 6. The Morgan fingerprint density at radius 3 is 2.96 bits per heavy atom. The van der Waals surface area contributed by atoms with E-state index in [0.717, 1.165) is 17.1 Å². The number of H-pyrrole nitrogens is 1. The van der Waals surface area contributed by atoms with Crippen molar-refractivity contribution >= 4 is 29.0 Å². The number of nitrogens with zero attached hydrogens (tertiary/aromatic N) is 2. The fourth-order valence-corrected chi connectivity index (χ4v) is 4.63. The van der Waals surface area contributed by atoms with Gasteiger partial charge in [-0.15, -0.1) is 16.4 Å². The molecule has 2 aromatic heterocycles. The first-order chi connectivity index (χ1) is 13.2. The minimum Gasteiger partial charge on any atom is -0.349 e. The van der Waals surface area contributed by atoms with Crippen LogP contribution in [0.3, 0.4) is 0 Å². The first-order valence-corrected chi connectivity index (χ1v) is 11.1. The Morgan fingerprint density at radius 2 is 2.15 bits per heavy atom. The van der Waals surface area contributed by atoms with Gasteiger partial charge in [-0.1, -0.05) is 36.0 Å². The van der Waals surface area contributed by atoms with Crippen molar-refractivity contribution in [2.45, 2.75) is 43.8 Å². The second-order valence-corrected chi connectivity index (χ2v) is 8.65. The van der Waals surface area contributed by atoms with E-state index in [2.05, 4.69) is 38.7 Å². The average Bonchev–Trinajstić information content (AvgIpc) is 3.37. The topological polar surface area (TPSA) is 70.7 Å². The van der Waals surface area contributed by atoms with Crippen molar-refractivity contribution in [3.8, 4) is 10.7 Å². The number of nitrogens with one attached hydrogen (secondary N) is 2. The molecule has 1 atom stereocenters. The zero-order valence-electron chi connectivity index (χ0n) is 15.2. The number of carbonyl (C=O) groups excluding carboxylic acids is 1. The van der Waals surface area contributed by atoms with Gasteiger partial charge in [-0.25, -0.2) is 4.98 Å². The van der Waals surface area contributed by atoms with Gasteiger partial charge >= 0.3 is 0 Å². The number of aromatic amines is 1. The van der Waals surface area contributed by atoms with Crippen molar-refractivity contribution in [1.29, 1.82) is 0 Å². The quantitative estimate of drug-likeness (QED) is 0.605. The number of fused-ring (bicyclic) bond motifs is 1. The molecule has 4 rings (SSSR count). The summed E-state index contributed by atoms with van der Waals surface area (Å²) in [6.45, 7) is 2.04. The van der Waals surface area contributed by atoms with E-state index in [4.69, 9.17) is 0 Å². The van der Waals surface area contributed by atoms with Gasteiger partial charge in [0.05, 0.1) is 16.7 Å². The normalized spacial score (nSPS) is 14.6. The summed E-state index contributed by atoms with van der Waals surface area (Å²) in [5, 5.41) is 12.8. The minimum atomic E-state index is -0.00676. The van der Waals surface area contributed by atoms with Crippen molar-refractivity contribution in [3.05, 3.63) is 52.4 Å². The lowest BCUT2D eigenvalue weighted by Gasteiger charge is -2.20. The Labute approximate surface area is 167 Å². The van der Waals surface area contributed by atoms with E-state index < -0.39 is 0 Å². The summed E-state index contributed by atoms with van der Waals surface area (Å²) in [6, 6.07) is 10.6. The molecule has 5 nitrogen and oxygen atoms in total. The van der Waals surface area contributed by atoms with Crippen molar-refractivity contribution in [1.82, 2.24) is 20.5 Å². The van der Waals surface area contributed by atoms with E-state index in [1.54, 1.807) is 11.3 Å². The molecule has 2 N–H and O–H groups in total. The standard InChI is InChI=1S/C20H22N4OS2/c1-13(15-9-8-14-5-2-3-6-16(14)11-15)21-18(25)12-27-20-22-19(23-24-20)17-7-4-10-26-17/h4,7-11,13H,2-3,5-6,12H2,1H3,(H,21,25)(H,22,23,24)/t13-/m0/s1. The van der Waals surface area contributed by atoms with Crippen LogP contribution in [0.15, 0.2) is 40.9 Å². The van der Waals surface area contributed by atoms with Crippen LogP contribution in [-0.2, 0) is 17.6 Å². The highest BCUT2D eigenvalue weighted by Gasteiger charge is 2.15. The van der Waals surface area contributed by atoms with E-state index in [0.29, 0.717) is 10.9 Å². The Bertz CT molecular complexity index is 920.